The molecule has 1 N–H and O–H groups in total. The lowest BCUT2D eigenvalue weighted by Crippen LogP contribution is -2.27. The fourth-order valence-corrected chi connectivity index (χ4v) is 3.19. The van der Waals surface area contributed by atoms with E-state index >= 15 is 0 Å². The van der Waals surface area contributed by atoms with E-state index in [2.05, 4.69) is 60.8 Å². The SMILES string of the molecule is CC(=O)NC(CSCc1ccccc1)c1ccc(C)cc1. The molecule has 0 bridgehead atoms. The van der Waals surface area contributed by atoms with E-state index in [0.717, 1.165) is 17.1 Å². The molecule has 1 amide bonds. The Labute approximate surface area is 131 Å². The minimum atomic E-state index is 0.0147. The lowest BCUT2D eigenvalue weighted by Gasteiger charge is -2.18. The van der Waals surface area contributed by atoms with Gasteiger partial charge >= 0.3 is 0 Å². The summed E-state index contributed by atoms with van der Waals surface area (Å²) in [6, 6.07) is 18.8. The second kappa shape index (κ2) is 7.89. The van der Waals surface area contributed by atoms with Crippen LogP contribution in [0, 0.1) is 6.92 Å². The van der Waals surface area contributed by atoms with Crippen molar-refractivity contribution in [2.75, 3.05) is 5.75 Å². The molecule has 110 valence electrons. The van der Waals surface area contributed by atoms with Crippen LogP contribution >= 0.6 is 11.8 Å². The van der Waals surface area contributed by atoms with Crippen molar-refractivity contribution in [2.24, 2.45) is 0 Å². The number of aryl methyl sites for hydroxylation is 1. The van der Waals surface area contributed by atoms with Gasteiger partial charge in [0, 0.05) is 18.4 Å². The fourth-order valence-electron chi connectivity index (χ4n) is 2.13. The van der Waals surface area contributed by atoms with Gasteiger partial charge < -0.3 is 5.32 Å². The van der Waals surface area contributed by atoms with Gasteiger partial charge in [0.05, 0.1) is 6.04 Å². The van der Waals surface area contributed by atoms with Crippen LogP contribution in [-0.2, 0) is 10.5 Å². The fraction of sp³-hybridized carbons (Fsp3) is 0.278. The summed E-state index contributed by atoms with van der Waals surface area (Å²) in [5, 5.41) is 3.04. The number of rotatable bonds is 6. The first-order chi connectivity index (χ1) is 10.1. The van der Waals surface area contributed by atoms with Crippen molar-refractivity contribution in [3.05, 3.63) is 71.3 Å². The molecule has 0 heterocycles. The molecule has 0 saturated heterocycles. The van der Waals surface area contributed by atoms with Crippen LogP contribution in [0.25, 0.3) is 0 Å². The Kier molecular flexibility index (Phi) is 5.88. The lowest BCUT2D eigenvalue weighted by molar-refractivity contribution is -0.119. The van der Waals surface area contributed by atoms with Crippen molar-refractivity contribution in [3.8, 4) is 0 Å². The molecular weight excluding hydrogens is 278 g/mol. The van der Waals surface area contributed by atoms with E-state index in [1.165, 1.54) is 11.1 Å². The van der Waals surface area contributed by atoms with Crippen LogP contribution < -0.4 is 5.32 Å². The summed E-state index contributed by atoms with van der Waals surface area (Å²) >= 11 is 1.84. The van der Waals surface area contributed by atoms with Gasteiger partial charge in [0.15, 0.2) is 0 Å². The molecular formula is C18H21NOS. The van der Waals surface area contributed by atoms with Crippen LogP contribution in [0.15, 0.2) is 54.6 Å². The van der Waals surface area contributed by atoms with Crippen molar-refractivity contribution < 1.29 is 4.79 Å². The van der Waals surface area contributed by atoms with Crippen LogP contribution in [0.5, 0.6) is 0 Å². The second-order valence-corrected chi connectivity index (χ2v) is 6.19. The minimum absolute atomic E-state index is 0.0147. The molecule has 0 saturated carbocycles. The Bertz CT molecular complexity index is 566. The van der Waals surface area contributed by atoms with Crippen LogP contribution in [-0.4, -0.2) is 11.7 Å². The van der Waals surface area contributed by atoms with Crippen molar-refractivity contribution in [2.45, 2.75) is 25.6 Å². The van der Waals surface area contributed by atoms with Gasteiger partial charge in [0.2, 0.25) is 5.91 Å². The van der Waals surface area contributed by atoms with E-state index in [1.807, 2.05) is 17.8 Å². The molecule has 1 unspecified atom stereocenters. The zero-order valence-electron chi connectivity index (χ0n) is 12.5. The van der Waals surface area contributed by atoms with Gasteiger partial charge in [-0.05, 0) is 18.1 Å². The predicted molar refractivity (Wildman–Crippen MR) is 90.3 cm³/mol. The van der Waals surface area contributed by atoms with Gasteiger partial charge in [-0.2, -0.15) is 11.8 Å². The zero-order chi connectivity index (χ0) is 15.1. The molecule has 0 aliphatic heterocycles. The number of amides is 1. The largest absolute Gasteiger partial charge is 0.349 e. The molecule has 2 aromatic carbocycles. The molecule has 2 rings (SSSR count). The summed E-state index contributed by atoms with van der Waals surface area (Å²) < 4.78 is 0. The maximum atomic E-state index is 11.4. The summed E-state index contributed by atoms with van der Waals surface area (Å²) in [5.41, 5.74) is 3.71. The summed E-state index contributed by atoms with van der Waals surface area (Å²) in [6.45, 7) is 3.64. The van der Waals surface area contributed by atoms with Gasteiger partial charge in [-0.25, -0.2) is 0 Å². The number of benzene rings is 2. The van der Waals surface area contributed by atoms with Gasteiger partial charge in [0.25, 0.3) is 0 Å². The Morgan fingerprint density at radius 3 is 2.38 bits per heavy atom. The molecule has 0 radical (unpaired) electrons. The molecule has 0 spiro atoms. The lowest BCUT2D eigenvalue weighted by atomic mass is 10.1. The molecule has 2 nitrogen and oxygen atoms in total. The Balaban J connectivity index is 1.96. The second-order valence-electron chi connectivity index (χ2n) is 5.16. The van der Waals surface area contributed by atoms with Crippen molar-refractivity contribution in [1.82, 2.24) is 5.32 Å². The number of thioether (sulfide) groups is 1. The average molecular weight is 299 g/mol. The first kappa shape index (κ1) is 15.6. The summed E-state index contributed by atoms with van der Waals surface area (Å²) in [4.78, 5) is 11.4. The van der Waals surface area contributed by atoms with Crippen LogP contribution in [0.4, 0.5) is 0 Å². The highest BCUT2D eigenvalue weighted by atomic mass is 32.2. The maximum Gasteiger partial charge on any atom is 0.217 e. The van der Waals surface area contributed by atoms with E-state index in [9.17, 15) is 4.79 Å². The maximum absolute atomic E-state index is 11.4. The Morgan fingerprint density at radius 1 is 1.10 bits per heavy atom. The van der Waals surface area contributed by atoms with Crippen molar-refractivity contribution >= 4 is 17.7 Å². The van der Waals surface area contributed by atoms with Crippen molar-refractivity contribution in [1.29, 1.82) is 0 Å². The van der Waals surface area contributed by atoms with Crippen molar-refractivity contribution in [3.63, 3.8) is 0 Å². The molecule has 0 aliphatic carbocycles. The van der Waals surface area contributed by atoms with Gasteiger partial charge in [0.1, 0.15) is 0 Å². The summed E-state index contributed by atoms with van der Waals surface area (Å²) in [7, 11) is 0. The quantitative estimate of drug-likeness (QED) is 0.870. The molecule has 1 atom stereocenters. The number of carbonyl (C=O) groups is 1. The molecule has 21 heavy (non-hydrogen) atoms. The van der Waals surface area contributed by atoms with E-state index in [1.54, 1.807) is 6.92 Å². The summed E-state index contributed by atoms with van der Waals surface area (Å²) in [5.74, 6) is 1.85. The van der Waals surface area contributed by atoms with E-state index in [-0.39, 0.29) is 11.9 Å². The van der Waals surface area contributed by atoms with Gasteiger partial charge in [-0.15, -0.1) is 0 Å². The van der Waals surface area contributed by atoms with Gasteiger partial charge in [-0.3, -0.25) is 4.79 Å². The van der Waals surface area contributed by atoms with E-state index in [0.29, 0.717) is 0 Å². The van der Waals surface area contributed by atoms with Crippen LogP contribution in [0.2, 0.25) is 0 Å². The highest BCUT2D eigenvalue weighted by Crippen LogP contribution is 2.21. The monoisotopic (exact) mass is 299 g/mol. The third kappa shape index (κ3) is 5.27. The van der Waals surface area contributed by atoms with E-state index < -0.39 is 0 Å². The topological polar surface area (TPSA) is 29.1 Å². The average Bonchev–Trinajstić information content (AvgIpc) is 2.48. The molecule has 2 aromatic rings. The standard InChI is InChI=1S/C18H21NOS/c1-14-8-10-17(11-9-14)18(19-15(2)20)13-21-12-16-6-4-3-5-7-16/h3-11,18H,12-13H2,1-2H3,(H,19,20). The predicted octanol–water partition coefficient (Wildman–Crippen LogP) is 4.11. The summed E-state index contributed by atoms with van der Waals surface area (Å²) in [6.07, 6.45) is 0. The smallest absolute Gasteiger partial charge is 0.217 e. The Morgan fingerprint density at radius 2 is 1.76 bits per heavy atom. The zero-order valence-corrected chi connectivity index (χ0v) is 13.3. The number of hydrogen-bond acceptors (Lipinski definition) is 2. The number of hydrogen-bond donors (Lipinski definition) is 1. The van der Waals surface area contributed by atoms with Crippen LogP contribution in [0.3, 0.4) is 0 Å². The highest BCUT2D eigenvalue weighted by molar-refractivity contribution is 7.98. The third-order valence-electron chi connectivity index (χ3n) is 3.25. The normalized spacial score (nSPS) is 11.9. The minimum Gasteiger partial charge on any atom is -0.349 e. The first-order valence-electron chi connectivity index (χ1n) is 7.10. The highest BCUT2D eigenvalue weighted by Gasteiger charge is 2.12. The molecule has 3 heteroatoms. The number of nitrogens with one attached hydrogen (secondary N) is 1. The van der Waals surface area contributed by atoms with Crippen LogP contribution in [0.1, 0.15) is 29.7 Å². The first-order valence-corrected chi connectivity index (χ1v) is 8.26. The Hall–Kier alpha value is -1.74. The number of carbonyl (C=O) groups excluding carboxylic acids is 1. The molecule has 0 aliphatic rings. The van der Waals surface area contributed by atoms with Gasteiger partial charge in [-0.1, -0.05) is 60.2 Å². The third-order valence-corrected chi connectivity index (χ3v) is 4.36. The molecule has 0 aromatic heterocycles. The van der Waals surface area contributed by atoms with E-state index in [4.69, 9.17) is 0 Å². The molecule has 0 fully saturated rings.